The fourth-order valence-electron chi connectivity index (χ4n) is 2.64. The van der Waals surface area contributed by atoms with E-state index in [1.165, 1.54) is 12.5 Å². The first-order valence-electron chi connectivity index (χ1n) is 7.17. The van der Waals surface area contributed by atoms with E-state index in [1.54, 1.807) is 11.8 Å². The lowest BCUT2D eigenvalue weighted by molar-refractivity contribution is -0.143. The number of carbonyl (C=O) groups excluding carboxylic acids is 2. The van der Waals surface area contributed by atoms with Crippen LogP contribution in [0.1, 0.15) is 49.5 Å². The Balaban J connectivity index is 2.00. The number of nitrogens with one attached hydrogen (secondary N) is 1. The summed E-state index contributed by atoms with van der Waals surface area (Å²) in [7, 11) is 0. The second-order valence-corrected chi connectivity index (χ2v) is 4.96. The van der Waals surface area contributed by atoms with E-state index in [0.717, 1.165) is 25.7 Å². The molecule has 1 N–H and O–H groups in total. The summed E-state index contributed by atoms with van der Waals surface area (Å²) in [4.78, 5) is 32.5. The molecular formula is C14H21N3O3. The lowest BCUT2D eigenvalue weighted by Gasteiger charge is -2.28. The van der Waals surface area contributed by atoms with Crippen molar-refractivity contribution < 1.29 is 14.3 Å². The maximum absolute atomic E-state index is 12.5. The molecule has 6 heteroatoms. The molecule has 0 atom stereocenters. The number of hydrogen-bond donors (Lipinski definition) is 1. The predicted molar refractivity (Wildman–Crippen MR) is 73.1 cm³/mol. The lowest BCUT2D eigenvalue weighted by Crippen LogP contribution is -2.40. The predicted octanol–water partition coefficient (Wildman–Crippen LogP) is 1.75. The Kier molecular flexibility index (Phi) is 5.15. The largest absolute Gasteiger partial charge is 0.466 e. The third kappa shape index (κ3) is 3.59. The number of aromatic amines is 1. The van der Waals surface area contributed by atoms with Crippen molar-refractivity contribution in [2.75, 3.05) is 13.2 Å². The highest BCUT2D eigenvalue weighted by Crippen LogP contribution is 2.24. The van der Waals surface area contributed by atoms with Gasteiger partial charge in [0.05, 0.1) is 25.6 Å². The number of imidazole rings is 1. The topological polar surface area (TPSA) is 75.3 Å². The van der Waals surface area contributed by atoms with Crippen LogP contribution in [0.2, 0.25) is 0 Å². The van der Waals surface area contributed by atoms with E-state index < -0.39 is 0 Å². The van der Waals surface area contributed by atoms with E-state index in [1.807, 2.05) is 0 Å². The van der Waals surface area contributed by atoms with Gasteiger partial charge in [-0.25, -0.2) is 4.98 Å². The molecule has 0 bridgehead atoms. The molecule has 1 amide bonds. The summed E-state index contributed by atoms with van der Waals surface area (Å²) < 4.78 is 4.93. The number of ether oxygens (including phenoxy) is 1. The molecule has 1 aromatic heterocycles. The minimum Gasteiger partial charge on any atom is -0.466 e. The zero-order valence-electron chi connectivity index (χ0n) is 11.8. The summed E-state index contributed by atoms with van der Waals surface area (Å²) in [6, 6.07) is 0.222. The number of nitrogens with zero attached hydrogens (tertiary/aromatic N) is 2. The van der Waals surface area contributed by atoms with Crippen LogP contribution in [0.4, 0.5) is 0 Å². The van der Waals surface area contributed by atoms with Crippen LogP contribution in [0.15, 0.2) is 12.5 Å². The third-order valence-corrected chi connectivity index (χ3v) is 3.62. The van der Waals surface area contributed by atoms with Gasteiger partial charge in [0.2, 0.25) is 0 Å². The summed E-state index contributed by atoms with van der Waals surface area (Å²) in [5.74, 6) is -0.341. The van der Waals surface area contributed by atoms with Crippen molar-refractivity contribution in [2.45, 2.75) is 45.1 Å². The van der Waals surface area contributed by atoms with Crippen molar-refractivity contribution in [3.8, 4) is 0 Å². The Morgan fingerprint density at radius 3 is 2.80 bits per heavy atom. The maximum atomic E-state index is 12.5. The smallest absolute Gasteiger partial charge is 0.307 e. The SMILES string of the molecule is CCOC(=O)CCN(C(=O)c1cnc[nH]1)C1CCCC1. The summed E-state index contributed by atoms with van der Waals surface area (Å²) in [5, 5.41) is 0. The molecule has 1 aromatic rings. The summed E-state index contributed by atoms with van der Waals surface area (Å²) in [6.07, 6.45) is 7.53. The molecule has 0 aromatic carbocycles. The van der Waals surface area contributed by atoms with Crippen LogP contribution >= 0.6 is 0 Å². The van der Waals surface area contributed by atoms with Crippen molar-refractivity contribution in [2.24, 2.45) is 0 Å². The van der Waals surface area contributed by atoms with Crippen LogP contribution in [0, 0.1) is 0 Å². The molecule has 1 aliphatic rings. The maximum Gasteiger partial charge on any atom is 0.307 e. The normalized spacial score (nSPS) is 15.2. The highest BCUT2D eigenvalue weighted by molar-refractivity contribution is 5.92. The number of carbonyl (C=O) groups is 2. The summed E-state index contributed by atoms with van der Waals surface area (Å²) in [5.41, 5.74) is 0.473. The molecule has 1 aliphatic carbocycles. The minimum atomic E-state index is -0.257. The number of esters is 1. The van der Waals surface area contributed by atoms with Gasteiger partial charge < -0.3 is 14.6 Å². The number of aromatic nitrogens is 2. The van der Waals surface area contributed by atoms with Crippen LogP contribution in [0.3, 0.4) is 0 Å². The molecular weight excluding hydrogens is 258 g/mol. The molecule has 0 radical (unpaired) electrons. The number of rotatable bonds is 6. The summed E-state index contributed by atoms with van der Waals surface area (Å²) in [6.45, 7) is 2.56. The minimum absolute atomic E-state index is 0.0845. The highest BCUT2D eigenvalue weighted by Gasteiger charge is 2.28. The Morgan fingerprint density at radius 1 is 1.45 bits per heavy atom. The van der Waals surface area contributed by atoms with E-state index in [9.17, 15) is 9.59 Å². The standard InChI is InChI=1S/C14H21N3O3/c1-2-20-13(18)7-8-17(11-5-3-4-6-11)14(19)12-9-15-10-16-12/h9-11H,2-8H2,1H3,(H,15,16). The fourth-order valence-corrected chi connectivity index (χ4v) is 2.64. The van der Waals surface area contributed by atoms with Crippen molar-refractivity contribution in [3.63, 3.8) is 0 Å². The van der Waals surface area contributed by atoms with Gasteiger partial charge in [0.25, 0.3) is 5.91 Å². The molecule has 1 saturated carbocycles. The van der Waals surface area contributed by atoms with E-state index in [2.05, 4.69) is 9.97 Å². The van der Waals surface area contributed by atoms with Gasteiger partial charge >= 0.3 is 5.97 Å². The molecule has 20 heavy (non-hydrogen) atoms. The third-order valence-electron chi connectivity index (χ3n) is 3.62. The van der Waals surface area contributed by atoms with Crippen molar-refractivity contribution in [3.05, 3.63) is 18.2 Å². The Morgan fingerprint density at radius 2 is 2.20 bits per heavy atom. The first-order valence-corrected chi connectivity index (χ1v) is 7.17. The molecule has 2 rings (SSSR count). The van der Waals surface area contributed by atoms with E-state index in [4.69, 9.17) is 4.74 Å². The monoisotopic (exact) mass is 279 g/mol. The number of amides is 1. The zero-order chi connectivity index (χ0) is 14.4. The molecule has 6 nitrogen and oxygen atoms in total. The molecule has 1 fully saturated rings. The molecule has 0 spiro atoms. The van der Waals surface area contributed by atoms with Gasteiger partial charge in [-0.1, -0.05) is 12.8 Å². The average molecular weight is 279 g/mol. The quantitative estimate of drug-likeness (QED) is 0.805. The Labute approximate surface area is 118 Å². The van der Waals surface area contributed by atoms with Gasteiger partial charge in [0.15, 0.2) is 0 Å². The van der Waals surface area contributed by atoms with Crippen LogP contribution in [0.5, 0.6) is 0 Å². The molecule has 110 valence electrons. The first-order chi connectivity index (χ1) is 9.72. The Hall–Kier alpha value is -1.85. The molecule has 0 aliphatic heterocycles. The second kappa shape index (κ2) is 7.07. The summed E-state index contributed by atoms with van der Waals surface area (Å²) >= 11 is 0. The van der Waals surface area contributed by atoms with E-state index >= 15 is 0 Å². The van der Waals surface area contributed by atoms with Gasteiger partial charge in [0.1, 0.15) is 5.69 Å². The molecule has 1 heterocycles. The van der Waals surface area contributed by atoms with Gasteiger partial charge in [-0.3, -0.25) is 9.59 Å². The van der Waals surface area contributed by atoms with E-state index in [-0.39, 0.29) is 24.3 Å². The van der Waals surface area contributed by atoms with Crippen LogP contribution in [-0.4, -0.2) is 45.9 Å². The van der Waals surface area contributed by atoms with Crippen LogP contribution in [-0.2, 0) is 9.53 Å². The molecule has 0 saturated heterocycles. The van der Waals surface area contributed by atoms with Crippen molar-refractivity contribution in [1.29, 1.82) is 0 Å². The van der Waals surface area contributed by atoms with Crippen molar-refractivity contribution in [1.82, 2.24) is 14.9 Å². The number of H-pyrrole nitrogens is 1. The average Bonchev–Trinajstić information content (AvgIpc) is 3.12. The van der Waals surface area contributed by atoms with Gasteiger partial charge in [-0.2, -0.15) is 0 Å². The van der Waals surface area contributed by atoms with Crippen LogP contribution in [0.25, 0.3) is 0 Å². The van der Waals surface area contributed by atoms with Gasteiger partial charge in [-0.05, 0) is 19.8 Å². The fraction of sp³-hybridized carbons (Fsp3) is 0.643. The van der Waals surface area contributed by atoms with Crippen molar-refractivity contribution >= 4 is 11.9 Å². The zero-order valence-corrected chi connectivity index (χ0v) is 11.8. The lowest BCUT2D eigenvalue weighted by atomic mass is 10.2. The van der Waals surface area contributed by atoms with Gasteiger partial charge in [0, 0.05) is 12.6 Å². The second-order valence-electron chi connectivity index (χ2n) is 4.96. The van der Waals surface area contributed by atoms with Gasteiger partial charge in [-0.15, -0.1) is 0 Å². The number of hydrogen-bond acceptors (Lipinski definition) is 4. The first kappa shape index (κ1) is 14.6. The van der Waals surface area contributed by atoms with Crippen LogP contribution < -0.4 is 0 Å². The Bertz CT molecular complexity index is 439. The highest BCUT2D eigenvalue weighted by atomic mass is 16.5. The molecule has 0 unspecified atom stereocenters. The van der Waals surface area contributed by atoms with E-state index in [0.29, 0.717) is 18.8 Å².